The first-order valence-corrected chi connectivity index (χ1v) is 11.9. The lowest BCUT2D eigenvalue weighted by atomic mass is 9.98. The van der Waals surface area contributed by atoms with E-state index in [0.717, 1.165) is 0 Å². The Morgan fingerprint density at radius 1 is 0.375 bits per heavy atom. The second kappa shape index (κ2) is 10.3. The normalized spacial score (nSPS) is 11.1. The van der Waals surface area contributed by atoms with Crippen molar-refractivity contribution in [2.24, 2.45) is 0 Å². The van der Waals surface area contributed by atoms with Gasteiger partial charge in [0.25, 0.3) is 0 Å². The number of hydrogen-bond donors (Lipinski definition) is 0. The molecule has 3 aromatic carbocycles. The number of halogens is 10. The zero-order valence-corrected chi connectivity index (χ0v) is 22.5. The topological polar surface area (TPSA) is 34.1 Å². The van der Waals surface area contributed by atoms with Gasteiger partial charge in [-0.05, 0) is 0 Å². The summed E-state index contributed by atoms with van der Waals surface area (Å²) >= 11 is 60.7. The molecule has 0 aliphatic rings. The third kappa shape index (κ3) is 4.57. The molecule has 166 valence electrons. The molecular formula is C20H4Cl10O2. The van der Waals surface area contributed by atoms with Crippen molar-refractivity contribution in [2.75, 3.05) is 0 Å². The molecule has 0 spiro atoms. The van der Waals surface area contributed by atoms with Crippen molar-refractivity contribution in [3.05, 3.63) is 96.7 Å². The fourth-order valence-corrected chi connectivity index (χ4v) is 5.29. The molecule has 32 heavy (non-hydrogen) atoms. The van der Waals surface area contributed by atoms with Crippen LogP contribution in [0, 0.1) is 0 Å². The van der Waals surface area contributed by atoms with Crippen LogP contribution in [0.1, 0.15) is 31.8 Å². The van der Waals surface area contributed by atoms with Gasteiger partial charge in [0.05, 0.1) is 61.4 Å². The lowest BCUT2D eigenvalue weighted by Gasteiger charge is -2.13. The average molecular weight is 631 g/mol. The van der Waals surface area contributed by atoms with Crippen molar-refractivity contribution in [3.8, 4) is 0 Å². The first-order chi connectivity index (χ1) is 14.9. The van der Waals surface area contributed by atoms with Crippen LogP contribution in [0.25, 0.3) is 0 Å². The van der Waals surface area contributed by atoms with Crippen molar-refractivity contribution in [3.63, 3.8) is 0 Å². The molecule has 0 unspecified atom stereocenters. The van der Waals surface area contributed by atoms with E-state index < -0.39 is 11.6 Å². The van der Waals surface area contributed by atoms with E-state index in [1.54, 1.807) is 0 Å². The SMILES string of the molecule is O=C(c1ccc(C(=O)c2c(Cl)c(Cl)c(Cl)c(Cl)c2Cl)cc1)c1c(Cl)c(Cl)c(Cl)c(Cl)c1Cl. The van der Waals surface area contributed by atoms with Gasteiger partial charge < -0.3 is 0 Å². The highest BCUT2D eigenvalue weighted by Gasteiger charge is 2.27. The fraction of sp³-hybridized carbons (Fsp3) is 0. The van der Waals surface area contributed by atoms with Gasteiger partial charge in [-0.3, -0.25) is 9.59 Å². The largest absolute Gasteiger partial charge is 0.288 e. The lowest BCUT2D eigenvalue weighted by Crippen LogP contribution is -2.07. The zero-order valence-electron chi connectivity index (χ0n) is 14.9. The number of carbonyl (C=O) groups is 2. The van der Waals surface area contributed by atoms with Crippen LogP contribution in [0.4, 0.5) is 0 Å². The van der Waals surface area contributed by atoms with Crippen molar-refractivity contribution < 1.29 is 9.59 Å². The number of carbonyl (C=O) groups excluding carboxylic acids is 2. The number of ketones is 2. The monoisotopic (exact) mass is 626 g/mol. The summed E-state index contributed by atoms with van der Waals surface area (Å²) in [6.45, 7) is 0. The van der Waals surface area contributed by atoms with Crippen LogP contribution in [0.3, 0.4) is 0 Å². The molecule has 0 N–H and O–H groups in total. The molecule has 0 bridgehead atoms. The molecule has 3 rings (SSSR count). The summed E-state index contributed by atoms with van der Waals surface area (Å²) in [4.78, 5) is 26.0. The summed E-state index contributed by atoms with van der Waals surface area (Å²) < 4.78 is 0. The van der Waals surface area contributed by atoms with Gasteiger partial charge in [-0.1, -0.05) is 140 Å². The Kier molecular flexibility index (Phi) is 8.49. The van der Waals surface area contributed by atoms with Gasteiger partial charge in [0.2, 0.25) is 0 Å². The predicted molar refractivity (Wildman–Crippen MR) is 136 cm³/mol. The van der Waals surface area contributed by atoms with Crippen LogP contribution in [0.15, 0.2) is 24.3 Å². The first-order valence-electron chi connectivity index (χ1n) is 8.12. The Labute approximate surface area is 232 Å². The number of benzene rings is 3. The molecule has 0 aromatic heterocycles. The molecule has 0 aliphatic carbocycles. The summed E-state index contributed by atoms with van der Waals surface area (Å²) in [7, 11) is 0. The van der Waals surface area contributed by atoms with Gasteiger partial charge in [0, 0.05) is 11.1 Å². The molecule has 0 heterocycles. The minimum Gasteiger partial charge on any atom is -0.288 e. The second-order valence-corrected chi connectivity index (χ2v) is 9.91. The molecule has 0 saturated heterocycles. The summed E-state index contributed by atoms with van der Waals surface area (Å²) in [5.74, 6) is -1.18. The highest BCUT2D eigenvalue weighted by atomic mass is 35.5. The summed E-state index contributed by atoms with van der Waals surface area (Å²) in [6, 6.07) is 5.50. The maximum absolute atomic E-state index is 13.0. The molecule has 12 heteroatoms. The maximum Gasteiger partial charge on any atom is 0.196 e. The Morgan fingerprint density at radius 2 is 0.562 bits per heavy atom. The third-order valence-electron chi connectivity index (χ3n) is 4.28. The average Bonchev–Trinajstić information content (AvgIpc) is 2.79. The van der Waals surface area contributed by atoms with Crippen LogP contribution in [-0.2, 0) is 0 Å². The smallest absolute Gasteiger partial charge is 0.196 e. The maximum atomic E-state index is 13.0. The second-order valence-electron chi connectivity index (χ2n) is 6.13. The van der Waals surface area contributed by atoms with E-state index >= 15 is 0 Å². The molecule has 3 aromatic rings. The predicted octanol–water partition coefficient (Wildman–Crippen LogP) is 10.7. The summed E-state index contributed by atoms with van der Waals surface area (Å²) in [5, 5.41) is -1.21. The fourth-order valence-electron chi connectivity index (χ4n) is 2.67. The minimum absolute atomic E-state index is 0.0742. The first kappa shape index (κ1) is 26.5. The molecule has 0 amide bonds. The van der Waals surface area contributed by atoms with Crippen molar-refractivity contribution >= 4 is 128 Å². The zero-order chi connectivity index (χ0) is 24.1. The van der Waals surface area contributed by atoms with Gasteiger partial charge in [0.1, 0.15) is 0 Å². The van der Waals surface area contributed by atoms with Gasteiger partial charge in [0.15, 0.2) is 11.6 Å². The van der Waals surface area contributed by atoms with Gasteiger partial charge in [-0.2, -0.15) is 0 Å². The van der Waals surface area contributed by atoms with Crippen LogP contribution in [-0.4, -0.2) is 11.6 Å². The molecule has 0 fully saturated rings. The standard InChI is InChI=1S/C20H4Cl10O2/c21-9-7(10(22)14(26)17(29)13(9)25)19(31)5-1-2-6(4-3-5)20(32)8-11(23)15(27)18(30)16(28)12(8)24/h1-4H. The van der Waals surface area contributed by atoms with E-state index in [9.17, 15) is 9.59 Å². The van der Waals surface area contributed by atoms with Crippen LogP contribution >= 0.6 is 116 Å². The third-order valence-corrected chi connectivity index (χ3v) is 8.84. The van der Waals surface area contributed by atoms with E-state index in [0.29, 0.717) is 0 Å². The Balaban J connectivity index is 2.04. The highest BCUT2D eigenvalue weighted by molar-refractivity contribution is 6.58. The van der Waals surface area contributed by atoms with E-state index in [4.69, 9.17) is 116 Å². The van der Waals surface area contributed by atoms with Crippen molar-refractivity contribution in [1.29, 1.82) is 0 Å². The van der Waals surface area contributed by atoms with Crippen LogP contribution in [0.2, 0.25) is 50.2 Å². The molecule has 0 atom stereocenters. The minimum atomic E-state index is -0.590. The molecular weight excluding hydrogens is 627 g/mol. The molecule has 0 saturated carbocycles. The van der Waals surface area contributed by atoms with E-state index in [1.165, 1.54) is 24.3 Å². The van der Waals surface area contributed by atoms with E-state index in [1.807, 2.05) is 0 Å². The molecule has 0 aliphatic heterocycles. The lowest BCUT2D eigenvalue weighted by molar-refractivity contribution is 0.102. The Hall–Kier alpha value is -0.1000. The number of rotatable bonds is 4. The van der Waals surface area contributed by atoms with E-state index in [-0.39, 0.29) is 72.5 Å². The van der Waals surface area contributed by atoms with Crippen LogP contribution in [0.5, 0.6) is 0 Å². The van der Waals surface area contributed by atoms with Gasteiger partial charge >= 0.3 is 0 Å². The number of hydrogen-bond acceptors (Lipinski definition) is 2. The summed E-state index contributed by atoms with van der Waals surface area (Å²) in [6.07, 6.45) is 0. The van der Waals surface area contributed by atoms with Crippen molar-refractivity contribution in [2.45, 2.75) is 0 Å². The molecule has 2 nitrogen and oxygen atoms in total. The van der Waals surface area contributed by atoms with E-state index in [2.05, 4.69) is 0 Å². The van der Waals surface area contributed by atoms with Gasteiger partial charge in [-0.15, -0.1) is 0 Å². The molecule has 0 radical (unpaired) electrons. The summed E-state index contributed by atoms with van der Waals surface area (Å²) in [5.41, 5.74) is 0.0247. The quantitative estimate of drug-likeness (QED) is 0.163. The van der Waals surface area contributed by atoms with Crippen LogP contribution < -0.4 is 0 Å². The Bertz CT molecular complexity index is 1140. The highest BCUT2D eigenvalue weighted by Crippen LogP contribution is 2.46. The Morgan fingerprint density at radius 3 is 0.781 bits per heavy atom. The van der Waals surface area contributed by atoms with Gasteiger partial charge in [-0.25, -0.2) is 0 Å². The van der Waals surface area contributed by atoms with Crippen molar-refractivity contribution in [1.82, 2.24) is 0 Å².